The van der Waals surface area contributed by atoms with Gasteiger partial charge in [-0.2, -0.15) is 0 Å². The van der Waals surface area contributed by atoms with Gasteiger partial charge in [0.25, 0.3) is 0 Å². The van der Waals surface area contributed by atoms with Crippen LogP contribution in [-0.2, 0) is 17.6 Å². The van der Waals surface area contributed by atoms with Gasteiger partial charge in [0.15, 0.2) is 0 Å². The number of nitrogens with one attached hydrogen (secondary N) is 1. The highest BCUT2D eigenvalue weighted by molar-refractivity contribution is 9.10. The van der Waals surface area contributed by atoms with Gasteiger partial charge in [-0.05, 0) is 54.7 Å². The van der Waals surface area contributed by atoms with E-state index in [1.165, 1.54) is 26.4 Å². The van der Waals surface area contributed by atoms with Crippen LogP contribution in [0.2, 0.25) is 0 Å². The molecule has 3 aromatic rings. The van der Waals surface area contributed by atoms with Gasteiger partial charge in [0.1, 0.15) is 0 Å². The van der Waals surface area contributed by atoms with Crippen LogP contribution < -0.4 is 5.32 Å². The lowest BCUT2D eigenvalue weighted by molar-refractivity contribution is -0.117. The molecule has 29 heavy (non-hydrogen) atoms. The summed E-state index contributed by atoms with van der Waals surface area (Å²) in [4.78, 5) is 18.0. The van der Waals surface area contributed by atoms with E-state index >= 15 is 0 Å². The van der Waals surface area contributed by atoms with E-state index in [1.807, 2.05) is 35.6 Å². The van der Waals surface area contributed by atoms with Gasteiger partial charge in [-0.15, -0.1) is 11.3 Å². The van der Waals surface area contributed by atoms with Crippen LogP contribution in [0.25, 0.3) is 0 Å². The second-order valence-corrected chi connectivity index (χ2v) is 9.60. The van der Waals surface area contributed by atoms with Crippen LogP contribution in [0.4, 0.5) is 5.69 Å². The summed E-state index contributed by atoms with van der Waals surface area (Å²) in [5.41, 5.74) is 5.09. The fourth-order valence-electron chi connectivity index (χ4n) is 4.28. The number of halogens is 1. The summed E-state index contributed by atoms with van der Waals surface area (Å²) in [7, 11) is 0. The van der Waals surface area contributed by atoms with Crippen LogP contribution in [-0.4, -0.2) is 23.9 Å². The Morgan fingerprint density at radius 2 is 2.00 bits per heavy atom. The standard InChI is InChI=1S/C24H25BrN2OS/c1-3-20-16(2)29-24-21(20)12-13-27(23(24)17-8-5-4-6-9-17)15-22(28)26-19-11-7-10-18(25)14-19/h4-11,14,23H,3,12-13,15H2,1-2H3,(H,26,28)/t23-/m1/s1. The summed E-state index contributed by atoms with van der Waals surface area (Å²) in [5.74, 6) is 0.0245. The number of carbonyl (C=O) groups excluding carboxylic acids is 1. The maximum absolute atomic E-state index is 12.8. The van der Waals surface area contributed by atoms with Gasteiger partial charge in [0.2, 0.25) is 5.91 Å². The summed E-state index contributed by atoms with van der Waals surface area (Å²) in [6, 6.07) is 18.5. The first-order chi connectivity index (χ1) is 14.1. The van der Waals surface area contributed by atoms with E-state index in [-0.39, 0.29) is 11.9 Å². The van der Waals surface area contributed by atoms with Crippen molar-refractivity contribution >= 4 is 38.9 Å². The number of hydrogen-bond donors (Lipinski definition) is 1. The SMILES string of the molecule is CCc1c(C)sc2c1CCN(CC(=O)Nc1cccc(Br)c1)[C@@H]2c1ccccc1. The molecular weight excluding hydrogens is 444 g/mol. The Balaban J connectivity index is 1.62. The van der Waals surface area contributed by atoms with Gasteiger partial charge < -0.3 is 5.32 Å². The number of carbonyl (C=O) groups is 1. The third kappa shape index (κ3) is 4.32. The predicted octanol–water partition coefficient (Wildman–Crippen LogP) is 5.97. The molecular formula is C24H25BrN2OS. The molecule has 0 bridgehead atoms. The highest BCUT2D eigenvalue weighted by atomic mass is 79.9. The summed E-state index contributed by atoms with van der Waals surface area (Å²) >= 11 is 5.37. The molecule has 1 aromatic heterocycles. The molecule has 1 atom stereocenters. The van der Waals surface area contributed by atoms with Gasteiger partial charge in [-0.25, -0.2) is 0 Å². The van der Waals surface area contributed by atoms with Crippen molar-refractivity contribution in [3.63, 3.8) is 0 Å². The first-order valence-corrected chi connectivity index (χ1v) is 11.6. The number of rotatable bonds is 5. The Morgan fingerprint density at radius 1 is 1.21 bits per heavy atom. The van der Waals surface area contributed by atoms with Gasteiger partial charge >= 0.3 is 0 Å². The first-order valence-electron chi connectivity index (χ1n) is 10.0. The summed E-state index contributed by atoms with van der Waals surface area (Å²) in [5, 5.41) is 3.05. The lowest BCUT2D eigenvalue weighted by Crippen LogP contribution is -2.40. The lowest BCUT2D eigenvalue weighted by Gasteiger charge is -2.36. The minimum absolute atomic E-state index is 0.0245. The van der Waals surface area contributed by atoms with Crippen molar-refractivity contribution in [2.24, 2.45) is 0 Å². The number of aryl methyl sites for hydroxylation is 1. The molecule has 5 heteroatoms. The van der Waals surface area contributed by atoms with E-state index in [2.05, 4.69) is 70.3 Å². The molecule has 1 N–H and O–H groups in total. The maximum Gasteiger partial charge on any atom is 0.238 e. The van der Waals surface area contributed by atoms with Crippen molar-refractivity contribution in [3.05, 3.63) is 85.5 Å². The van der Waals surface area contributed by atoms with Gasteiger partial charge in [0, 0.05) is 26.5 Å². The number of benzene rings is 2. The zero-order valence-electron chi connectivity index (χ0n) is 16.7. The van der Waals surface area contributed by atoms with Crippen molar-refractivity contribution < 1.29 is 4.79 Å². The zero-order valence-corrected chi connectivity index (χ0v) is 19.1. The fraction of sp³-hybridized carbons (Fsp3) is 0.292. The molecule has 0 unspecified atom stereocenters. The van der Waals surface area contributed by atoms with Crippen LogP contribution in [0.3, 0.4) is 0 Å². The number of fused-ring (bicyclic) bond motifs is 1. The molecule has 2 aromatic carbocycles. The van der Waals surface area contributed by atoms with Crippen LogP contribution in [0.1, 0.15) is 39.4 Å². The van der Waals surface area contributed by atoms with E-state index in [9.17, 15) is 4.79 Å². The van der Waals surface area contributed by atoms with Gasteiger partial charge in [-0.1, -0.05) is 59.3 Å². The molecule has 2 heterocycles. The lowest BCUT2D eigenvalue weighted by atomic mass is 9.91. The summed E-state index contributed by atoms with van der Waals surface area (Å²) in [6.45, 7) is 5.74. The van der Waals surface area contributed by atoms with E-state index in [4.69, 9.17) is 0 Å². The molecule has 0 aliphatic carbocycles. The Hall–Kier alpha value is -1.95. The smallest absolute Gasteiger partial charge is 0.238 e. The predicted molar refractivity (Wildman–Crippen MR) is 125 cm³/mol. The van der Waals surface area contributed by atoms with Crippen LogP contribution >= 0.6 is 27.3 Å². The third-order valence-electron chi connectivity index (χ3n) is 5.54. The van der Waals surface area contributed by atoms with E-state index < -0.39 is 0 Å². The normalized spacial score (nSPS) is 16.4. The van der Waals surface area contributed by atoms with Crippen molar-refractivity contribution in [1.29, 1.82) is 0 Å². The molecule has 0 saturated heterocycles. The molecule has 1 aliphatic heterocycles. The second kappa shape index (κ2) is 8.82. The number of thiophene rings is 1. The van der Waals surface area contributed by atoms with E-state index in [0.717, 1.165) is 29.5 Å². The summed E-state index contributed by atoms with van der Waals surface area (Å²) in [6.07, 6.45) is 2.08. The first kappa shape index (κ1) is 20.3. The molecule has 0 fully saturated rings. The molecule has 0 saturated carbocycles. The number of anilines is 1. The van der Waals surface area contributed by atoms with Crippen molar-refractivity contribution in [3.8, 4) is 0 Å². The highest BCUT2D eigenvalue weighted by Gasteiger charge is 2.33. The number of hydrogen-bond acceptors (Lipinski definition) is 3. The zero-order chi connectivity index (χ0) is 20.4. The Bertz CT molecular complexity index is 1010. The van der Waals surface area contributed by atoms with E-state index in [0.29, 0.717) is 6.54 Å². The largest absolute Gasteiger partial charge is 0.325 e. The molecule has 1 aliphatic rings. The van der Waals surface area contributed by atoms with E-state index in [1.54, 1.807) is 0 Å². The number of amides is 1. The van der Waals surface area contributed by atoms with Crippen LogP contribution in [0.5, 0.6) is 0 Å². The average molecular weight is 469 g/mol. The molecule has 4 rings (SSSR count). The summed E-state index contributed by atoms with van der Waals surface area (Å²) < 4.78 is 0.959. The van der Waals surface area contributed by atoms with Gasteiger partial charge in [-0.3, -0.25) is 9.69 Å². The quantitative estimate of drug-likeness (QED) is 0.500. The Morgan fingerprint density at radius 3 is 2.72 bits per heavy atom. The Kier molecular flexibility index (Phi) is 6.18. The van der Waals surface area contributed by atoms with Gasteiger partial charge in [0.05, 0.1) is 12.6 Å². The molecule has 3 nitrogen and oxygen atoms in total. The topological polar surface area (TPSA) is 32.3 Å². The molecule has 0 spiro atoms. The number of nitrogens with zero attached hydrogens (tertiary/aromatic N) is 1. The van der Waals surface area contributed by atoms with Crippen LogP contribution in [0.15, 0.2) is 59.1 Å². The third-order valence-corrected chi connectivity index (χ3v) is 7.27. The average Bonchev–Trinajstić information content (AvgIpc) is 3.03. The van der Waals surface area contributed by atoms with Crippen LogP contribution in [0, 0.1) is 6.92 Å². The minimum Gasteiger partial charge on any atom is -0.325 e. The molecule has 1 amide bonds. The Labute approximate surface area is 184 Å². The molecule has 150 valence electrons. The fourth-order valence-corrected chi connectivity index (χ4v) is 6.14. The second-order valence-electron chi connectivity index (χ2n) is 7.43. The minimum atomic E-state index is 0.0245. The highest BCUT2D eigenvalue weighted by Crippen LogP contribution is 2.42. The maximum atomic E-state index is 12.8. The van der Waals surface area contributed by atoms with Crippen molar-refractivity contribution in [2.45, 2.75) is 32.7 Å². The molecule has 0 radical (unpaired) electrons. The monoisotopic (exact) mass is 468 g/mol. The van der Waals surface area contributed by atoms with Crippen molar-refractivity contribution in [1.82, 2.24) is 4.90 Å². The van der Waals surface area contributed by atoms with Crippen molar-refractivity contribution in [2.75, 3.05) is 18.4 Å².